The molecule has 0 aliphatic rings. The molecule has 0 saturated carbocycles. The molecule has 0 fully saturated rings. The van der Waals surface area contributed by atoms with Crippen molar-refractivity contribution < 1.29 is 0 Å². The lowest BCUT2D eigenvalue weighted by Crippen LogP contribution is -2.11. The Hall–Kier alpha value is -1.67. The van der Waals surface area contributed by atoms with Crippen molar-refractivity contribution in [2.45, 2.75) is 13.8 Å². The maximum atomic E-state index is 5.42. The van der Waals surface area contributed by atoms with Crippen LogP contribution in [-0.2, 0) is 0 Å². The zero-order valence-corrected chi connectivity index (χ0v) is 10.8. The molecule has 0 saturated heterocycles. The lowest BCUT2D eigenvalue weighted by molar-refractivity contribution is 1.37. The van der Waals surface area contributed by atoms with Crippen LogP contribution < -0.4 is 5.32 Å². The molecule has 0 aromatic heterocycles. The largest absolute Gasteiger partial charge is 0.346 e. The van der Waals surface area contributed by atoms with E-state index >= 15 is 0 Å². The van der Waals surface area contributed by atoms with Crippen LogP contribution in [0.25, 0.3) is 0 Å². The van der Waals surface area contributed by atoms with Crippen LogP contribution in [0.5, 0.6) is 0 Å². The molecular weight excluding hydrogens is 226 g/mol. The predicted octanol–water partition coefficient (Wildman–Crippen LogP) is 4.09. The highest BCUT2D eigenvalue weighted by atomic mass is 32.1. The average Bonchev–Trinajstić information content (AvgIpc) is 2.30. The molecule has 1 N–H and O–H groups in total. The molecule has 0 radical (unpaired) electrons. The summed E-state index contributed by atoms with van der Waals surface area (Å²) in [7, 11) is 0. The zero-order chi connectivity index (χ0) is 12.3. The van der Waals surface area contributed by atoms with Crippen molar-refractivity contribution in [1.82, 2.24) is 0 Å². The summed E-state index contributed by atoms with van der Waals surface area (Å²) in [6.45, 7) is 4.17. The molecule has 0 aliphatic carbocycles. The second kappa shape index (κ2) is 5.11. The molecule has 2 heteroatoms. The number of hydrogen-bond acceptors (Lipinski definition) is 1. The molecule has 0 bridgehead atoms. The third-order valence-corrected chi connectivity index (χ3v) is 2.98. The van der Waals surface area contributed by atoms with E-state index in [1.165, 1.54) is 11.1 Å². The van der Waals surface area contributed by atoms with Crippen LogP contribution >= 0.6 is 12.2 Å². The third kappa shape index (κ3) is 2.92. The van der Waals surface area contributed by atoms with Gasteiger partial charge in [0.1, 0.15) is 4.99 Å². The summed E-state index contributed by atoms with van der Waals surface area (Å²) in [6, 6.07) is 16.3. The number of aryl methyl sites for hydroxylation is 2. The molecule has 0 unspecified atom stereocenters. The smallest absolute Gasteiger partial charge is 0.111 e. The van der Waals surface area contributed by atoms with Crippen molar-refractivity contribution in [3.63, 3.8) is 0 Å². The van der Waals surface area contributed by atoms with Crippen LogP contribution in [0, 0.1) is 13.8 Å². The second-order valence-electron chi connectivity index (χ2n) is 4.14. The Morgan fingerprint density at radius 2 is 1.71 bits per heavy atom. The topological polar surface area (TPSA) is 12.0 Å². The number of anilines is 1. The van der Waals surface area contributed by atoms with E-state index in [1.807, 2.05) is 30.3 Å². The third-order valence-electron chi connectivity index (χ3n) is 2.66. The van der Waals surface area contributed by atoms with Gasteiger partial charge in [-0.1, -0.05) is 54.2 Å². The van der Waals surface area contributed by atoms with Gasteiger partial charge in [-0.05, 0) is 31.5 Å². The maximum Gasteiger partial charge on any atom is 0.111 e. The van der Waals surface area contributed by atoms with E-state index in [1.54, 1.807) is 0 Å². The van der Waals surface area contributed by atoms with E-state index in [4.69, 9.17) is 12.2 Å². The minimum absolute atomic E-state index is 0.772. The first-order valence-corrected chi connectivity index (χ1v) is 6.01. The van der Waals surface area contributed by atoms with Crippen LogP contribution in [-0.4, -0.2) is 4.99 Å². The zero-order valence-electron chi connectivity index (χ0n) is 10.0. The minimum Gasteiger partial charge on any atom is -0.346 e. The highest BCUT2D eigenvalue weighted by molar-refractivity contribution is 7.81. The maximum absolute atomic E-state index is 5.42. The van der Waals surface area contributed by atoms with E-state index in [-0.39, 0.29) is 0 Å². The van der Waals surface area contributed by atoms with Crippen molar-refractivity contribution in [3.05, 3.63) is 65.2 Å². The van der Waals surface area contributed by atoms with E-state index in [0.717, 1.165) is 16.2 Å². The first kappa shape index (κ1) is 11.8. The minimum atomic E-state index is 0.772. The fourth-order valence-electron chi connectivity index (χ4n) is 1.79. The van der Waals surface area contributed by atoms with Gasteiger partial charge in [-0.15, -0.1) is 0 Å². The Kier molecular flexibility index (Phi) is 3.55. The summed E-state index contributed by atoms with van der Waals surface area (Å²) < 4.78 is 0. The van der Waals surface area contributed by atoms with E-state index in [9.17, 15) is 0 Å². The molecule has 0 amide bonds. The number of para-hydroxylation sites is 1. The summed E-state index contributed by atoms with van der Waals surface area (Å²) in [4.78, 5) is 0.772. The standard InChI is InChI=1S/C15H15NS/c1-11-8-9-14(12(2)10-11)15(17)16-13-6-4-3-5-7-13/h3-10H,1-2H3,(H,16,17). The van der Waals surface area contributed by atoms with E-state index in [2.05, 4.69) is 37.4 Å². The Morgan fingerprint density at radius 3 is 2.35 bits per heavy atom. The predicted molar refractivity (Wildman–Crippen MR) is 77.7 cm³/mol. The number of nitrogens with one attached hydrogen (secondary N) is 1. The van der Waals surface area contributed by atoms with Gasteiger partial charge >= 0.3 is 0 Å². The van der Waals surface area contributed by atoms with Gasteiger partial charge in [0, 0.05) is 11.3 Å². The van der Waals surface area contributed by atoms with Crippen LogP contribution in [0.15, 0.2) is 48.5 Å². The summed E-state index contributed by atoms with van der Waals surface area (Å²) in [5.41, 5.74) is 4.58. The first-order chi connectivity index (χ1) is 8.16. The van der Waals surface area contributed by atoms with Gasteiger partial charge in [0.25, 0.3) is 0 Å². The summed E-state index contributed by atoms with van der Waals surface area (Å²) in [6.07, 6.45) is 0. The lowest BCUT2D eigenvalue weighted by atomic mass is 10.1. The monoisotopic (exact) mass is 241 g/mol. The Labute approximate surface area is 107 Å². The van der Waals surface area contributed by atoms with E-state index in [0.29, 0.717) is 0 Å². The van der Waals surface area contributed by atoms with Gasteiger partial charge in [-0.25, -0.2) is 0 Å². The molecule has 86 valence electrons. The van der Waals surface area contributed by atoms with Crippen LogP contribution in [0.4, 0.5) is 5.69 Å². The van der Waals surface area contributed by atoms with Crippen LogP contribution in [0.3, 0.4) is 0 Å². The Bertz CT molecular complexity index is 532. The van der Waals surface area contributed by atoms with E-state index < -0.39 is 0 Å². The molecule has 0 spiro atoms. The highest BCUT2D eigenvalue weighted by Crippen LogP contribution is 2.14. The molecule has 1 nitrogen and oxygen atoms in total. The Balaban J connectivity index is 2.21. The second-order valence-corrected chi connectivity index (χ2v) is 4.55. The van der Waals surface area contributed by atoms with Crippen molar-refractivity contribution in [3.8, 4) is 0 Å². The van der Waals surface area contributed by atoms with Gasteiger partial charge in [-0.2, -0.15) is 0 Å². The molecule has 2 aromatic rings. The fraction of sp³-hybridized carbons (Fsp3) is 0.133. The van der Waals surface area contributed by atoms with Gasteiger partial charge in [-0.3, -0.25) is 0 Å². The highest BCUT2D eigenvalue weighted by Gasteiger charge is 2.04. The SMILES string of the molecule is Cc1ccc(C(=S)Nc2ccccc2)c(C)c1. The number of benzene rings is 2. The fourth-order valence-corrected chi connectivity index (χ4v) is 2.14. The lowest BCUT2D eigenvalue weighted by Gasteiger charge is -2.11. The Morgan fingerprint density at radius 1 is 1.00 bits per heavy atom. The van der Waals surface area contributed by atoms with Gasteiger partial charge in [0.2, 0.25) is 0 Å². The average molecular weight is 241 g/mol. The molecule has 17 heavy (non-hydrogen) atoms. The molecule has 0 heterocycles. The van der Waals surface area contributed by atoms with Crippen molar-refractivity contribution >= 4 is 22.9 Å². The summed E-state index contributed by atoms with van der Waals surface area (Å²) in [5, 5.41) is 3.25. The van der Waals surface area contributed by atoms with Gasteiger partial charge in [0.05, 0.1) is 0 Å². The molecule has 0 aliphatic heterocycles. The van der Waals surface area contributed by atoms with Crippen molar-refractivity contribution in [1.29, 1.82) is 0 Å². The van der Waals surface area contributed by atoms with Crippen LogP contribution in [0.1, 0.15) is 16.7 Å². The van der Waals surface area contributed by atoms with Crippen molar-refractivity contribution in [2.75, 3.05) is 5.32 Å². The van der Waals surface area contributed by atoms with Crippen molar-refractivity contribution in [2.24, 2.45) is 0 Å². The molecule has 2 rings (SSSR count). The van der Waals surface area contributed by atoms with Crippen LogP contribution in [0.2, 0.25) is 0 Å². The normalized spacial score (nSPS) is 10.0. The number of thiocarbonyl (C=S) groups is 1. The first-order valence-electron chi connectivity index (χ1n) is 5.60. The number of rotatable bonds is 2. The number of hydrogen-bond donors (Lipinski definition) is 1. The molecule has 2 aromatic carbocycles. The summed E-state index contributed by atoms with van der Waals surface area (Å²) in [5.74, 6) is 0. The van der Waals surface area contributed by atoms with Gasteiger partial charge < -0.3 is 5.32 Å². The molecule has 0 atom stereocenters. The quantitative estimate of drug-likeness (QED) is 0.795. The summed E-state index contributed by atoms with van der Waals surface area (Å²) >= 11 is 5.42. The van der Waals surface area contributed by atoms with Gasteiger partial charge in [0.15, 0.2) is 0 Å². The molecular formula is C15H15NS.